The van der Waals surface area contributed by atoms with Crippen LogP contribution in [0, 0.1) is 6.92 Å². The average Bonchev–Trinajstić information content (AvgIpc) is 3.40. The van der Waals surface area contributed by atoms with Gasteiger partial charge in [0.2, 0.25) is 0 Å². The number of hydrogen-bond acceptors (Lipinski definition) is 9. The van der Waals surface area contributed by atoms with Gasteiger partial charge in [0.25, 0.3) is 5.56 Å². The van der Waals surface area contributed by atoms with Crippen LogP contribution in [0.3, 0.4) is 0 Å². The molecule has 0 bridgehead atoms. The summed E-state index contributed by atoms with van der Waals surface area (Å²) in [7, 11) is -4.37. The molecule has 0 amide bonds. The number of aromatic amines is 1. The fourth-order valence-corrected chi connectivity index (χ4v) is 6.70. The van der Waals surface area contributed by atoms with E-state index in [-0.39, 0.29) is 48.7 Å². The van der Waals surface area contributed by atoms with E-state index in [1.165, 1.54) is 87.8 Å². The van der Waals surface area contributed by atoms with Gasteiger partial charge in [0.1, 0.15) is 13.8 Å². The summed E-state index contributed by atoms with van der Waals surface area (Å²) >= 11 is 0. The van der Waals surface area contributed by atoms with Crippen molar-refractivity contribution in [2.45, 2.75) is 142 Å². The largest absolute Gasteiger partial charge is 1.00 e. The Morgan fingerprint density at radius 1 is 1.07 bits per heavy atom. The molecule has 0 spiro atoms. The van der Waals surface area contributed by atoms with Crippen molar-refractivity contribution in [2.75, 3.05) is 32.6 Å². The standard InChI is InChI=1S/C31H56N5O8P.Na/c1-4-6-7-8-9-10-11-12-13-14-15-16-17-18-19-41-22-26(42-5-2)24-45(39,40)43-23-28-27(34-35-32)20-29(44-28)36-21-25(3)30(37)33-31(36)38;/h21,26-29H,4-20,22-24H2,1-3H3,(H,39,40)(H,33,37,38);/q;+1/p-1/t26?,27-,28+,29+;/m0./s1. The number of aromatic nitrogens is 2. The van der Waals surface area contributed by atoms with Gasteiger partial charge in [0.05, 0.1) is 31.5 Å². The molecule has 0 radical (unpaired) electrons. The van der Waals surface area contributed by atoms with Crippen molar-refractivity contribution in [1.82, 2.24) is 9.55 Å². The van der Waals surface area contributed by atoms with Gasteiger partial charge in [0, 0.05) is 42.5 Å². The molecule has 0 saturated carbocycles. The number of aryl methyl sites for hydroxylation is 1. The SMILES string of the molecule is CCCCCCCCCCCCCCCCOCC(CP(=O)([O-])OC[C@H]1O[C@@H](n2cc(C)c(=O)[nH]c2=O)C[C@@H]1N=[N+]=[N-])OCC.[Na+]. The summed E-state index contributed by atoms with van der Waals surface area (Å²) in [6.45, 7) is 6.20. The van der Waals surface area contributed by atoms with Crippen LogP contribution in [0.4, 0.5) is 0 Å². The van der Waals surface area contributed by atoms with E-state index in [0.29, 0.717) is 18.8 Å². The van der Waals surface area contributed by atoms with E-state index >= 15 is 0 Å². The van der Waals surface area contributed by atoms with E-state index in [4.69, 9.17) is 24.3 Å². The first-order valence-corrected chi connectivity index (χ1v) is 18.6. The molecule has 1 aromatic heterocycles. The fourth-order valence-electron chi connectivity index (χ4n) is 5.52. The van der Waals surface area contributed by atoms with Crippen LogP contribution in [0.2, 0.25) is 0 Å². The van der Waals surface area contributed by atoms with E-state index in [1.807, 2.05) is 0 Å². The number of nitrogens with one attached hydrogen (secondary N) is 1. The van der Waals surface area contributed by atoms with Crippen LogP contribution in [0.5, 0.6) is 0 Å². The van der Waals surface area contributed by atoms with Crippen molar-refractivity contribution in [2.24, 2.45) is 5.11 Å². The minimum Gasteiger partial charge on any atom is -0.778 e. The number of H-pyrrole nitrogens is 1. The van der Waals surface area contributed by atoms with Crippen molar-refractivity contribution >= 4 is 7.60 Å². The summed E-state index contributed by atoms with van der Waals surface area (Å²) in [5, 5.41) is 3.70. The molecule has 5 atom stereocenters. The number of unbranched alkanes of at least 4 members (excludes halogenated alkanes) is 13. The summed E-state index contributed by atoms with van der Waals surface area (Å²) in [5.74, 6) is 0. The molecule has 0 aromatic carbocycles. The van der Waals surface area contributed by atoms with Crippen molar-refractivity contribution in [3.05, 3.63) is 43.0 Å². The molecule has 258 valence electrons. The number of nitrogens with zero attached hydrogens (tertiary/aromatic N) is 4. The second-order valence-corrected chi connectivity index (χ2v) is 13.8. The van der Waals surface area contributed by atoms with Crippen LogP contribution in [0.15, 0.2) is 20.9 Å². The van der Waals surface area contributed by atoms with Crippen LogP contribution >= 0.6 is 7.60 Å². The number of azide groups is 1. The van der Waals surface area contributed by atoms with Gasteiger partial charge >= 0.3 is 35.2 Å². The predicted molar refractivity (Wildman–Crippen MR) is 172 cm³/mol. The number of ether oxygens (including phenoxy) is 3. The van der Waals surface area contributed by atoms with Crippen LogP contribution < -0.4 is 45.7 Å². The van der Waals surface area contributed by atoms with E-state index in [0.717, 1.165) is 12.8 Å². The maximum atomic E-state index is 12.8. The Kier molecular flexibility index (Phi) is 23.4. The van der Waals surface area contributed by atoms with Crippen LogP contribution in [-0.4, -0.2) is 60.4 Å². The summed E-state index contributed by atoms with van der Waals surface area (Å²) in [6.07, 6.45) is 16.5. The van der Waals surface area contributed by atoms with Crippen molar-refractivity contribution in [3.63, 3.8) is 0 Å². The Morgan fingerprint density at radius 3 is 2.22 bits per heavy atom. The topological polar surface area (TPSA) is 181 Å². The maximum absolute atomic E-state index is 12.8. The molecule has 13 nitrogen and oxygen atoms in total. The Hall–Kier alpha value is -0.980. The third-order valence-electron chi connectivity index (χ3n) is 8.07. The number of hydrogen-bond donors (Lipinski definition) is 1. The van der Waals surface area contributed by atoms with Gasteiger partial charge in [0.15, 0.2) is 0 Å². The first kappa shape index (κ1) is 43.0. The van der Waals surface area contributed by atoms with Gasteiger partial charge in [-0.3, -0.25) is 14.3 Å². The normalized spacial score (nSPS) is 19.7. The van der Waals surface area contributed by atoms with E-state index < -0.39 is 49.9 Å². The smallest absolute Gasteiger partial charge is 0.778 e. The van der Waals surface area contributed by atoms with Gasteiger partial charge in [-0.05, 0) is 25.8 Å². The Morgan fingerprint density at radius 2 is 1.65 bits per heavy atom. The molecule has 2 heterocycles. The molecule has 1 aliphatic rings. The Labute approximate surface area is 296 Å². The molecule has 2 unspecified atom stereocenters. The molecular weight excluding hydrogens is 624 g/mol. The number of rotatable bonds is 26. The first-order valence-electron chi connectivity index (χ1n) is 16.9. The molecule has 46 heavy (non-hydrogen) atoms. The molecule has 1 saturated heterocycles. The second kappa shape index (κ2) is 25.1. The van der Waals surface area contributed by atoms with Gasteiger partial charge < -0.3 is 28.2 Å². The van der Waals surface area contributed by atoms with E-state index in [2.05, 4.69) is 21.9 Å². The molecule has 1 aliphatic heterocycles. The summed E-state index contributed by atoms with van der Waals surface area (Å²) in [5.41, 5.74) is 8.09. The third-order valence-corrected chi connectivity index (χ3v) is 9.47. The summed E-state index contributed by atoms with van der Waals surface area (Å²) in [6, 6.07) is -0.768. The molecule has 2 rings (SSSR count). The van der Waals surface area contributed by atoms with Crippen LogP contribution in [0.1, 0.15) is 122 Å². The van der Waals surface area contributed by atoms with Gasteiger partial charge in [-0.25, -0.2) is 4.79 Å². The van der Waals surface area contributed by atoms with Crippen molar-refractivity contribution < 1.29 is 57.8 Å². The zero-order valence-corrected chi connectivity index (χ0v) is 31.4. The minimum absolute atomic E-state index is 0. The zero-order valence-electron chi connectivity index (χ0n) is 28.5. The first-order chi connectivity index (χ1) is 21.7. The minimum atomic E-state index is -4.37. The van der Waals surface area contributed by atoms with E-state index in [1.54, 1.807) is 13.8 Å². The average molecular weight is 680 g/mol. The Balaban J connectivity index is 0.0000106. The van der Waals surface area contributed by atoms with Crippen molar-refractivity contribution in [1.29, 1.82) is 0 Å². The molecule has 15 heteroatoms. The predicted octanol–water partition coefficient (Wildman–Crippen LogP) is 3.29. The Bertz CT molecular complexity index is 1180. The molecule has 1 aromatic rings. The van der Waals surface area contributed by atoms with Crippen molar-refractivity contribution in [3.8, 4) is 0 Å². The van der Waals surface area contributed by atoms with Gasteiger partial charge in [-0.15, -0.1) is 0 Å². The monoisotopic (exact) mass is 679 g/mol. The molecule has 1 fully saturated rings. The van der Waals surface area contributed by atoms with Crippen LogP contribution in [-0.2, 0) is 23.3 Å². The molecule has 0 aliphatic carbocycles. The van der Waals surface area contributed by atoms with Gasteiger partial charge in [-0.1, -0.05) is 95.5 Å². The quantitative estimate of drug-likeness (QED) is 0.0387. The van der Waals surface area contributed by atoms with E-state index in [9.17, 15) is 19.0 Å². The summed E-state index contributed by atoms with van der Waals surface area (Å²) in [4.78, 5) is 41.8. The molecular formula is C31H55N5NaO8P. The maximum Gasteiger partial charge on any atom is 1.00 e. The second-order valence-electron chi connectivity index (χ2n) is 12.0. The molecule has 1 N–H and O–H groups in total. The van der Waals surface area contributed by atoms with Gasteiger partial charge in [-0.2, -0.15) is 0 Å². The third kappa shape index (κ3) is 17.4. The fraction of sp³-hybridized carbons (Fsp3) is 0.871. The zero-order chi connectivity index (χ0) is 32.9. The van der Waals surface area contributed by atoms with Crippen LogP contribution in [0.25, 0.3) is 10.4 Å². The summed E-state index contributed by atoms with van der Waals surface area (Å²) < 4.78 is 36.4.